The van der Waals surface area contributed by atoms with E-state index in [2.05, 4.69) is 5.10 Å². The molecule has 0 amide bonds. The van der Waals surface area contributed by atoms with Crippen molar-refractivity contribution >= 4 is 11.6 Å². The largest absolute Gasteiger partial charge is 0.330 e. The van der Waals surface area contributed by atoms with E-state index < -0.39 is 0 Å². The summed E-state index contributed by atoms with van der Waals surface area (Å²) in [7, 11) is 0. The van der Waals surface area contributed by atoms with Crippen LogP contribution in [0.25, 0.3) is 5.69 Å². The van der Waals surface area contributed by atoms with Gasteiger partial charge in [0.15, 0.2) is 0 Å². The van der Waals surface area contributed by atoms with Gasteiger partial charge in [-0.05, 0) is 37.6 Å². The highest BCUT2D eigenvalue weighted by atomic mass is 35.5. The van der Waals surface area contributed by atoms with Gasteiger partial charge in [-0.15, -0.1) is 0 Å². The molecule has 84 valence electrons. The molecule has 4 heteroatoms. The SMILES string of the molecule is Cc1c(CCN)cnn1-c1ccccc1Cl. The summed E-state index contributed by atoms with van der Waals surface area (Å²) in [6, 6.07) is 7.67. The predicted molar refractivity (Wildman–Crippen MR) is 66.1 cm³/mol. The fourth-order valence-electron chi connectivity index (χ4n) is 1.71. The molecule has 0 atom stereocenters. The van der Waals surface area contributed by atoms with Gasteiger partial charge in [-0.1, -0.05) is 23.7 Å². The number of halogens is 1. The number of hydrogen-bond donors (Lipinski definition) is 1. The lowest BCUT2D eigenvalue weighted by Gasteiger charge is -2.06. The molecule has 0 bridgehead atoms. The van der Waals surface area contributed by atoms with Crippen molar-refractivity contribution in [3.05, 3.63) is 46.7 Å². The average molecular weight is 236 g/mol. The first kappa shape index (κ1) is 11.2. The summed E-state index contributed by atoms with van der Waals surface area (Å²) in [6.07, 6.45) is 2.70. The van der Waals surface area contributed by atoms with Crippen LogP contribution in [0.4, 0.5) is 0 Å². The molecular weight excluding hydrogens is 222 g/mol. The number of aromatic nitrogens is 2. The second kappa shape index (κ2) is 4.68. The zero-order valence-corrected chi connectivity index (χ0v) is 9.91. The molecule has 0 saturated carbocycles. The van der Waals surface area contributed by atoms with Crippen molar-refractivity contribution in [2.45, 2.75) is 13.3 Å². The monoisotopic (exact) mass is 235 g/mol. The molecule has 0 aliphatic rings. The van der Waals surface area contributed by atoms with Gasteiger partial charge in [0.25, 0.3) is 0 Å². The number of nitrogens with zero attached hydrogens (tertiary/aromatic N) is 2. The first-order valence-corrected chi connectivity index (χ1v) is 5.60. The minimum absolute atomic E-state index is 0.634. The third-order valence-corrected chi connectivity index (χ3v) is 2.93. The molecule has 0 unspecified atom stereocenters. The second-order valence-corrected chi connectivity index (χ2v) is 4.06. The molecule has 0 aliphatic carbocycles. The molecule has 2 N–H and O–H groups in total. The van der Waals surface area contributed by atoms with Gasteiger partial charge in [0.05, 0.1) is 16.9 Å². The predicted octanol–water partition coefficient (Wildman–Crippen LogP) is 2.34. The summed E-state index contributed by atoms with van der Waals surface area (Å²) in [6.45, 7) is 2.66. The molecule has 0 spiro atoms. The van der Waals surface area contributed by atoms with E-state index in [0.717, 1.165) is 17.8 Å². The number of hydrogen-bond acceptors (Lipinski definition) is 2. The molecular formula is C12H14ClN3. The highest BCUT2D eigenvalue weighted by molar-refractivity contribution is 6.32. The van der Waals surface area contributed by atoms with Crippen molar-refractivity contribution < 1.29 is 0 Å². The minimum atomic E-state index is 0.634. The smallest absolute Gasteiger partial charge is 0.0834 e. The fraction of sp³-hybridized carbons (Fsp3) is 0.250. The number of benzene rings is 1. The summed E-state index contributed by atoms with van der Waals surface area (Å²) in [5, 5.41) is 5.04. The Balaban J connectivity index is 2.45. The van der Waals surface area contributed by atoms with E-state index in [1.807, 2.05) is 42.1 Å². The molecule has 16 heavy (non-hydrogen) atoms. The maximum Gasteiger partial charge on any atom is 0.0834 e. The van der Waals surface area contributed by atoms with E-state index in [-0.39, 0.29) is 0 Å². The third-order valence-electron chi connectivity index (χ3n) is 2.61. The lowest BCUT2D eigenvalue weighted by molar-refractivity contribution is 0.842. The lowest BCUT2D eigenvalue weighted by Crippen LogP contribution is -2.04. The van der Waals surface area contributed by atoms with Gasteiger partial charge in [-0.3, -0.25) is 0 Å². The van der Waals surface area contributed by atoms with Crippen LogP contribution in [0.3, 0.4) is 0 Å². The summed E-state index contributed by atoms with van der Waals surface area (Å²) in [4.78, 5) is 0. The standard InChI is InChI=1S/C12H14ClN3/c1-9-10(6-7-14)8-15-16(9)12-5-3-2-4-11(12)13/h2-5,8H,6-7,14H2,1H3. The van der Waals surface area contributed by atoms with Gasteiger partial charge in [0, 0.05) is 5.69 Å². The Morgan fingerprint density at radius 3 is 2.81 bits per heavy atom. The molecule has 0 radical (unpaired) electrons. The van der Waals surface area contributed by atoms with Crippen LogP contribution in [0.5, 0.6) is 0 Å². The first-order valence-electron chi connectivity index (χ1n) is 5.22. The molecule has 0 saturated heterocycles. The van der Waals surface area contributed by atoms with E-state index in [4.69, 9.17) is 17.3 Å². The van der Waals surface area contributed by atoms with Crippen LogP contribution in [0, 0.1) is 6.92 Å². The first-order chi connectivity index (χ1) is 7.74. The van der Waals surface area contributed by atoms with Crippen molar-refractivity contribution in [2.24, 2.45) is 5.73 Å². The Kier molecular flexibility index (Phi) is 3.27. The highest BCUT2D eigenvalue weighted by Crippen LogP contribution is 2.21. The molecule has 2 aromatic rings. The van der Waals surface area contributed by atoms with E-state index in [1.54, 1.807) is 0 Å². The van der Waals surface area contributed by atoms with E-state index >= 15 is 0 Å². The van der Waals surface area contributed by atoms with Gasteiger partial charge in [-0.25, -0.2) is 4.68 Å². The molecule has 0 fully saturated rings. The Morgan fingerprint density at radius 2 is 2.12 bits per heavy atom. The maximum atomic E-state index is 6.13. The molecule has 1 aromatic heterocycles. The topological polar surface area (TPSA) is 43.8 Å². The van der Waals surface area contributed by atoms with Gasteiger partial charge in [0.2, 0.25) is 0 Å². The van der Waals surface area contributed by atoms with Crippen LogP contribution in [0.1, 0.15) is 11.3 Å². The quantitative estimate of drug-likeness (QED) is 0.888. The van der Waals surface area contributed by atoms with Crippen LogP contribution in [0.15, 0.2) is 30.5 Å². The molecule has 3 nitrogen and oxygen atoms in total. The van der Waals surface area contributed by atoms with E-state index in [0.29, 0.717) is 11.6 Å². The van der Waals surface area contributed by atoms with E-state index in [1.165, 1.54) is 5.56 Å². The lowest BCUT2D eigenvalue weighted by atomic mass is 10.2. The molecule has 1 aromatic carbocycles. The van der Waals surface area contributed by atoms with Crippen LogP contribution in [0.2, 0.25) is 5.02 Å². The van der Waals surface area contributed by atoms with Crippen LogP contribution in [-0.2, 0) is 6.42 Å². The van der Waals surface area contributed by atoms with Crippen LogP contribution >= 0.6 is 11.6 Å². The van der Waals surface area contributed by atoms with Gasteiger partial charge >= 0.3 is 0 Å². The summed E-state index contributed by atoms with van der Waals surface area (Å²) >= 11 is 6.13. The number of para-hydroxylation sites is 1. The summed E-state index contributed by atoms with van der Waals surface area (Å²) in [5.74, 6) is 0. The van der Waals surface area contributed by atoms with Crippen molar-refractivity contribution in [2.75, 3.05) is 6.54 Å². The summed E-state index contributed by atoms with van der Waals surface area (Å²) < 4.78 is 1.85. The van der Waals surface area contributed by atoms with Gasteiger partial charge in [-0.2, -0.15) is 5.10 Å². The zero-order valence-electron chi connectivity index (χ0n) is 9.15. The Labute approximate surface area is 99.8 Å². The van der Waals surface area contributed by atoms with Crippen LogP contribution < -0.4 is 5.73 Å². The normalized spacial score (nSPS) is 10.7. The van der Waals surface area contributed by atoms with Crippen molar-refractivity contribution in [3.8, 4) is 5.69 Å². The Hall–Kier alpha value is -1.32. The van der Waals surface area contributed by atoms with Crippen LogP contribution in [-0.4, -0.2) is 16.3 Å². The molecule has 0 aliphatic heterocycles. The minimum Gasteiger partial charge on any atom is -0.330 e. The van der Waals surface area contributed by atoms with E-state index in [9.17, 15) is 0 Å². The van der Waals surface area contributed by atoms with Gasteiger partial charge < -0.3 is 5.73 Å². The zero-order chi connectivity index (χ0) is 11.5. The fourth-order valence-corrected chi connectivity index (χ4v) is 1.93. The maximum absolute atomic E-state index is 6.13. The van der Waals surface area contributed by atoms with Crippen molar-refractivity contribution in [1.29, 1.82) is 0 Å². The van der Waals surface area contributed by atoms with Gasteiger partial charge in [0.1, 0.15) is 0 Å². The second-order valence-electron chi connectivity index (χ2n) is 3.66. The molecule has 1 heterocycles. The summed E-state index contributed by atoms with van der Waals surface area (Å²) in [5.41, 5.74) is 8.72. The number of rotatable bonds is 3. The van der Waals surface area contributed by atoms with Crippen molar-refractivity contribution in [1.82, 2.24) is 9.78 Å². The number of nitrogens with two attached hydrogens (primary N) is 1. The third kappa shape index (κ3) is 1.96. The molecule has 2 rings (SSSR count). The van der Waals surface area contributed by atoms with Crippen molar-refractivity contribution in [3.63, 3.8) is 0 Å². The Morgan fingerprint density at radius 1 is 1.38 bits per heavy atom. The Bertz CT molecular complexity index is 491. The highest BCUT2D eigenvalue weighted by Gasteiger charge is 2.09. The average Bonchev–Trinajstić information content (AvgIpc) is 2.62.